The zero-order chi connectivity index (χ0) is 19.3. The molecule has 5 nitrogen and oxygen atoms in total. The summed E-state index contributed by atoms with van der Waals surface area (Å²) in [6, 6.07) is 5.55. The fourth-order valence-electron chi connectivity index (χ4n) is 3.60. The van der Waals surface area contributed by atoms with Gasteiger partial charge in [-0.15, -0.1) is 24.8 Å². The van der Waals surface area contributed by atoms with E-state index in [1.54, 1.807) is 6.07 Å². The van der Waals surface area contributed by atoms with Crippen LogP contribution in [0.4, 0.5) is 13.2 Å². The molecule has 0 aromatic heterocycles. The fraction of sp³-hybridized carbons (Fsp3) is 0.632. The lowest BCUT2D eigenvalue weighted by molar-refractivity contribution is -0.137. The van der Waals surface area contributed by atoms with Crippen molar-refractivity contribution < 1.29 is 18.0 Å². The smallest absolute Gasteiger partial charge is 0.340 e. The van der Waals surface area contributed by atoms with Crippen molar-refractivity contribution in [3.8, 4) is 0 Å². The summed E-state index contributed by atoms with van der Waals surface area (Å²) in [5.74, 6) is 0.211. The largest absolute Gasteiger partial charge is 0.416 e. The lowest BCUT2D eigenvalue weighted by atomic mass is 10.1. The van der Waals surface area contributed by atoms with Crippen molar-refractivity contribution >= 4 is 30.7 Å². The van der Waals surface area contributed by atoms with Gasteiger partial charge in [-0.25, -0.2) is 0 Å². The van der Waals surface area contributed by atoms with Gasteiger partial charge in [0.15, 0.2) is 0 Å². The van der Waals surface area contributed by atoms with Gasteiger partial charge >= 0.3 is 6.18 Å². The van der Waals surface area contributed by atoms with E-state index >= 15 is 0 Å². The van der Waals surface area contributed by atoms with Crippen LogP contribution >= 0.6 is 24.8 Å². The van der Waals surface area contributed by atoms with Gasteiger partial charge in [0.05, 0.1) is 5.56 Å². The SMILES string of the molecule is Cl.Cl.O=C(CCN1CCN(Cc2cccc(C(F)(F)F)c2)CC1)N1CCNCC1. The van der Waals surface area contributed by atoms with Crippen LogP contribution in [0.3, 0.4) is 0 Å². The highest BCUT2D eigenvalue weighted by molar-refractivity contribution is 5.85. The van der Waals surface area contributed by atoms with Crippen LogP contribution in [-0.4, -0.2) is 79.5 Å². The van der Waals surface area contributed by atoms with E-state index in [9.17, 15) is 18.0 Å². The highest BCUT2D eigenvalue weighted by Crippen LogP contribution is 2.29. The first kappa shape index (κ1) is 26.0. The van der Waals surface area contributed by atoms with Gasteiger partial charge in [-0.1, -0.05) is 18.2 Å². The van der Waals surface area contributed by atoms with Crippen LogP contribution in [0.5, 0.6) is 0 Å². The van der Waals surface area contributed by atoms with E-state index in [-0.39, 0.29) is 30.7 Å². The molecule has 1 amide bonds. The maximum atomic E-state index is 12.8. The van der Waals surface area contributed by atoms with E-state index in [1.165, 1.54) is 12.1 Å². The minimum Gasteiger partial charge on any atom is -0.340 e. The summed E-state index contributed by atoms with van der Waals surface area (Å²) in [5, 5.41) is 3.24. The Morgan fingerprint density at radius 2 is 1.59 bits per heavy atom. The van der Waals surface area contributed by atoms with Crippen molar-refractivity contribution in [1.82, 2.24) is 20.0 Å². The molecule has 1 N–H and O–H groups in total. The lowest BCUT2D eigenvalue weighted by Gasteiger charge is -2.35. The van der Waals surface area contributed by atoms with E-state index in [0.717, 1.165) is 65.0 Å². The lowest BCUT2D eigenvalue weighted by Crippen LogP contribution is -2.49. The topological polar surface area (TPSA) is 38.8 Å². The summed E-state index contributed by atoms with van der Waals surface area (Å²) in [7, 11) is 0. The van der Waals surface area contributed by atoms with Crippen molar-refractivity contribution in [2.75, 3.05) is 58.9 Å². The molecule has 0 unspecified atom stereocenters. The number of hydrogen-bond donors (Lipinski definition) is 1. The van der Waals surface area contributed by atoms with E-state index in [1.807, 2.05) is 4.90 Å². The van der Waals surface area contributed by atoms with Crippen LogP contribution in [0.15, 0.2) is 24.3 Å². The van der Waals surface area contributed by atoms with Gasteiger partial charge in [0.2, 0.25) is 5.91 Å². The summed E-state index contributed by atoms with van der Waals surface area (Å²) in [5.41, 5.74) is 0.0946. The molecule has 166 valence electrons. The van der Waals surface area contributed by atoms with Crippen LogP contribution < -0.4 is 5.32 Å². The molecule has 2 saturated heterocycles. The first-order valence-corrected chi connectivity index (χ1v) is 9.51. The van der Waals surface area contributed by atoms with Crippen molar-refractivity contribution in [2.45, 2.75) is 19.1 Å². The number of piperazine rings is 2. The monoisotopic (exact) mass is 456 g/mol. The van der Waals surface area contributed by atoms with Crippen LogP contribution in [0.2, 0.25) is 0 Å². The minimum absolute atomic E-state index is 0. The average Bonchev–Trinajstić information content (AvgIpc) is 2.67. The van der Waals surface area contributed by atoms with Crippen molar-refractivity contribution in [3.63, 3.8) is 0 Å². The highest BCUT2D eigenvalue weighted by atomic mass is 35.5. The molecule has 1 aromatic rings. The second-order valence-electron chi connectivity index (χ2n) is 7.20. The number of nitrogens with zero attached hydrogens (tertiary/aromatic N) is 3. The zero-order valence-electron chi connectivity index (χ0n) is 16.3. The molecule has 0 atom stereocenters. The number of carbonyl (C=O) groups is 1. The predicted molar refractivity (Wildman–Crippen MR) is 112 cm³/mol. The molecular weight excluding hydrogens is 428 g/mol. The maximum Gasteiger partial charge on any atom is 0.416 e. The Morgan fingerprint density at radius 1 is 0.966 bits per heavy atom. The van der Waals surface area contributed by atoms with Gasteiger partial charge in [0.25, 0.3) is 0 Å². The molecule has 2 heterocycles. The van der Waals surface area contributed by atoms with Crippen LogP contribution in [0.1, 0.15) is 17.5 Å². The Kier molecular flexibility index (Phi) is 10.7. The van der Waals surface area contributed by atoms with Gasteiger partial charge in [-0.05, 0) is 11.6 Å². The zero-order valence-corrected chi connectivity index (χ0v) is 17.9. The van der Waals surface area contributed by atoms with Crippen molar-refractivity contribution in [2.24, 2.45) is 0 Å². The first-order valence-electron chi connectivity index (χ1n) is 9.51. The van der Waals surface area contributed by atoms with Crippen LogP contribution in [0, 0.1) is 0 Å². The molecule has 2 fully saturated rings. The van der Waals surface area contributed by atoms with Gasteiger partial charge in [0, 0.05) is 71.9 Å². The summed E-state index contributed by atoms with van der Waals surface area (Å²) in [4.78, 5) is 18.6. The summed E-state index contributed by atoms with van der Waals surface area (Å²) in [6.07, 6.45) is -3.76. The van der Waals surface area contributed by atoms with Gasteiger partial charge in [-0.2, -0.15) is 13.2 Å². The molecule has 1 aromatic carbocycles. The Morgan fingerprint density at radius 3 is 2.21 bits per heavy atom. The third-order valence-corrected chi connectivity index (χ3v) is 5.24. The molecule has 2 aliphatic rings. The third kappa shape index (κ3) is 7.94. The Bertz CT molecular complexity index is 634. The van der Waals surface area contributed by atoms with Crippen LogP contribution in [-0.2, 0) is 17.5 Å². The standard InChI is InChI=1S/C19H27F3N4O.2ClH/c20-19(21,22)17-3-1-2-16(14-17)15-25-12-10-24(11-13-25)7-4-18(27)26-8-5-23-6-9-26;;/h1-3,14,23H,4-13,15H2;2*1H. The normalized spacial score (nSPS) is 18.7. The number of benzene rings is 1. The minimum atomic E-state index is -4.30. The van der Waals surface area contributed by atoms with Gasteiger partial charge in [-0.3, -0.25) is 9.69 Å². The number of rotatable bonds is 5. The average molecular weight is 457 g/mol. The molecule has 10 heteroatoms. The predicted octanol–water partition coefficient (Wildman–Crippen LogP) is 2.49. The third-order valence-electron chi connectivity index (χ3n) is 5.24. The Labute approximate surface area is 182 Å². The summed E-state index contributed by atoms with van der Waals surface area (Å²) < 4.78 is 38.5. The number of alkyl halides is 3. The number of halogens is 5. The number of nitrogens with one attached hydrogen (secondary N) is 1. The first-order chi connectivity index (χ1) is 12.9. The fourth-order valence-corrected chi connectivity index (χ4v) is 3.60. The molecule has 0 aliphatic carbocycles. The second kappa shape index (κ2) is 12.0. The van der Waals surface area contributed by atoms with E-state index < -0.39 is 11.7 Å². The molecule has 3 rings (SSSR count). The molecule has 29 heavy (non-hydrogen) atoms. The molecule has 0 radical (unpaired) electrons. The number of amides is 1. The quantitative estimate of drug-likeness (QED) is 0.738. The molecule has 0 bridgehead atoms. The van der Waals surface area contributed by atoms with Crippen molar-refractivity contribution in [1.29, 1.82) is 0 Å². The van der Waals surface area contributed by atoms with Gasteiger partial charge < -0.3 is 15.1 Å². The highest BCUT2D eigenvalue weighted by Gasteiger charge is 2.30. The maximum absolute atomic E-state index is 12.8. The van der Waals surface area contributed by atoms with Crippen molar-refractivity contribution in [3.05, 3.63) is 35.4 Å². The van der Waals surface area contributed by atoms with E-state index in [0.29, 0.717) is 18.5 Å². The molecule has 0 spiro atoms. The van der Waals surface area contributed by atoms with Crippen LogP contribution in [0.25, 0.3) is 0 Å². The van der Waals surface area contributed by atoms with Gasteiger partial charge in [0.1, 0.15) is 0 Å². The number of carbonyl (C=O) groups excluding carboxylic acids is 1. The number of hydrogen-bond acceptors (Lipinski definition) is 4. The molecular formula is C19H29Cl2F3N4O. The second-order valence-corrected chi connectivity index (χ2v) is 7.20. The Balaban J connectivity index is 0.00000210. The van der Waals surface area contributed by atoms with E-state index in [2.05, 4.69) is 15.1 Å². The summed E-state index contributed by atoms with van der Waals surface area (Å²) in [6.45, 7) is 7.85. The Hall–Kier alpha value is -1.06. The molecule has 0 saturated carbocycles. The summed E-state index contributed by atoms with van der Waals surface area (Å²) >= 11 is 0. The van der Waals surface area contributed by atoms with E-state index in [4.69, 9.17) is 0 Å². The molecule has 2 aliphatic heterocycles.